The van der Waals surface area contributed by atoms with Gasteiger partial charge in [-0.3, -0.25) is 13.9 Å². The quantitative estimate of drug-likeness (QED) is 0.382. The van der Waals surface area contributed by atoms with Gasteiger partial charge in [-0.25, -0.2) is 8.42 Å². The largest absolute Gasteiger partial charge is 0.352 e. The monoisotopic (exact) mass is 553 g/mol. The van der Waals surface area contributed by atoms with Crippen molar-refractivity contribution < 1.29 is 18.0 Å². The van der Waals surface area contributed by atoms with E-state index in [1.807, 2.05) is 6.07 Å². The highest BCUT2D eigenvalue weighted by Crippen LogP contribution is 2.25. The Morgan fingerprint density at radius 3 is 2.21 bits per heavy atom. The van der Waals surface area contributed by atoms with Crippen LogP contribution in [0.5, 0.6) is 0 Å². The minimum absolute atomic E-state index is 0.0741. The van der Waals surface area contributed by atoms with E-state index in [1.54, 1.807) is 73.7 Å². The van der Waals surface area contributed by atoms with Crippen molar-refractivity contribution in [3.63, 3.8) is 0 Å². The standard InChI is InChI=1S/C29H32ClN3O4S/c1-22(29(35)31-25-13-8-9-14-25)32(20-23-11-10-12-24(30)19-23)28(34)21-33(26-15-4-2-5-16-26)38(36,37)27-17-6-3-7-18-27/h2-7,10-12,15-19,22,25H,8-9,13-14,20-21H2,1H3,(H,31,35). The van der Waals surface area contributed by atoms with Gasteiger partial charge in [0, 0.05) is 17.6 Å². The van der Waals surface area contributed by atoms with Crippen LogP contribution in [0.1, 0.15) is 38.2 Å². The van der Waals surface area contributed by atoms with Gasteiger partial charge in [-0.2, -0.15) is 0 Å². The normalized spacial score (nSPS) is 14.6. The predicted octanol–water partition coefficient (Wildman–Crippen LogP) is 5.01. The van der Waals surface area contributed by atoms with Crippen molar-refractivity contribution in [1.29, 1.82) is 0 Å². The lowest BCUT2D eigenvalue weighted by Crippen LogP contribution is -2.52. The summed E-state index contributed by atoms with van der Waals surface area (Å²) in [7, 11) is -4.06. The molecule has 1 atom stereocenters. The number of nitrogens with one attached hydrogen (secondary N) is 1. The van der Waals surface area contributed by atoms with Gasteiger partial charge >= 0.3 is 0 Å². The van der Waals surface area contributed by atoms with E-state index in [0.29, 0.717) is 10.7 Å². The molecule has 1 unspecified atom stereocenters. The average molecular weight is 554 g/mol. The zero-order chi connectivity index (χ0) is 27.1. The Bertz CT molecular complexity index is 1350. The number of amides is 2. The first kappa shape index (κ1) is 27.7. The predicted molar refractivity (Wildman–Crippen MR) is 149 cm³/mol. The minimum atomic E-state index is -4.06. The Kier molecular flexibility index (Phi) is 9.07. The maximum Gasteiger partial charge on any atom is 0.264 e. The number of para-hydroxylation sites is 1. The first-order valence-electron chi connectivity index (χ1n) is 12.7. The molecule has 200 valence electrons. The van der Waals surface area contributed by atoms with Crippen LogP contribution in [0.25, 0.3) is 0 Å². The summed E-state index contributed by atoms with van der Waals surface area (Å²) in [4.78, 5) is 28.6. The summed E-state index contributed by atoms with van der Waals surface area (Å²) in [5.74, 6) is -0.758. The second-order valence-corrected chi connectivity index (χ2v) is 11.8. The fraction of sp³-hybridized carbons (Fsp3) is 0.310. The molecule has 1 fully saturated rings. The molecule has 0 bridgehead atoms. The lowest BCUT2D eigenvalue weighted by molar-refractivity contribution is -0.139. The molecule has 0 saturated heterocycles. The molecular formula is C29H32ClN3O4S. The van der Waals surface area contributed by atoms with E-state index < -0.39 is 28.5 Å². The molecule has 1 aliphatic carbocycles. The number of sulfonamides is 1. The van der Waals surface area contributed by atoms with E-state index in [-0.39, 0.29) is 23.4 Å². The molecule has 38 heavy (non-hydrogen) atoms. The molecule has 0 radical (unpaired) electrons. The van der Waals surface area contributed by atoms with Crippen LogP contribution in [-0.2, 0) is 26.2 Å². The van der Waals surface area contributed by atoms with Gasteiger partial charge in [-0.05, 0) is 61.7 Å². The topological polar surface area (TPSA) is 86.8 Å². The second kappa shape index (κ2) is 12.5. The summed E-state index contributed by atoms with van der Waals surface area (Å²) in [6, 6.07) is 22.8. The molecule has 0 aliphatic heterocycles. The fourth-order valence-corrected chi connectivity index (χ4v) is 6.30. The number of halogens is 1. The van der Waals surface area contributed by atoms with Gasteiger partial charge in [0.25, 0.3) is 10.0 Å². The van der Waals surface area contributed by atoms with Crippen molar-refractivity contribution in [2.75, 3.05) is 10.8 Å². The summed E-state index contributed by atoms with van der Waals surface area (Å²) >= 11 is 6.19. The van der Waals surface area contributed by atoms with E-state index >= 15 is 0 Å². The van der Waals surface area contributed by atoms with Gasteiger partial charge in [0.1, 0.15) is 12.6 Å². The van der Waals surface area contributed by atoms with Crippen LogP contribution >= 0.6 is 11.6 Å². The molecule has 1 N–H and O–H groups in total. The SMILES string of the molecule is CC(C(=O)NC1CCCC1)N(Cc1cccc(Cl)c1)C(=O)CN(c1ccccc1)S(=O)(=O)c1ccccc1. The van der Waals surface area contributed by atoms with E-state index in [2.05, 4.69) is 5.32 Å². The number of benzene rings is 3. The van der Waals surface area contributed by atoms with E-state index in [9.17, 15) is 18.0 Å². The van der Waals surface area contributed by atoms with Gasteiger partial charge in [0.05, 0.1) is 10.6 Å². The number of rotatable bonds is 10. The second-order valence-electron chi connectivity index (χ2n) is 9.48. The van der Waals surface area contributed by atoms with Crippen LogP contribution in [0.15, 0.2) is 89.8 Å². The molecule has 0 spiro atoms. The first-order valence-corrected chi connectivity index (χ1v) is 14.5. The van der Waals surface area contributed by atoms with Crippen LogP contribution in [0.3, 0.4) is 0 Å². The zero-order valence-electron chi connectivity index (χ0n) is 21.3. The van der Waals surface area contributed by atoms with Gasteiger partial charge in [-0.15, -0.1) is 0 Å². The van der Waals surface area contributed by atoms with Crippen molar-refractivity contribution in [2.45, 2.75) is 56.1 Å². The summed E-state index contributed by atoms with van der Waals surface area (Å²) < 4.78 is 28.5. The maximum absolute atomic E-state index is 13.9. The highest BCUT2D eigenvalue weighted by molar-refractivity contribution is 7.92. The van der Waals surface area contributed by atoms with Crippen LogP contribution in [0, 0.1) is 0 Å². The first-order chi connectivity index (χ1) is 18.3. The van der Waals surface area contributed by atoms with E-state index in [4.69, 9.17) is 11.6 Å². The Morgan fingerprint density at radius 1 is 0.947 bits per heavy atom. The van der Waals surface area contributed by atoms with Gasteiger partial charge in [0.2, 0.25) is 11.8 Å². The molecule has 0 heterocycles. The molecule has 9 heteroatoms. The van der Waals surface area contributed by atoms with Crippen molar-refractivity contribution in [2.24, 2.45) is 0 Å². The summed E-state index contributed by atoms with van der Waals surface area (Å²) in [5, 5.41) is 3.57. The Hall–Kier alpha value is -3.36. The van der Waals surface area contributed by atoms with Crippen molar-refractivity contribution in [3.05, 3.63) is 95.5 Å². The average Bonchev–Trinajstić information content (AvgIpc) is 3.44. The minimum Gasteiger partial charge on any atom is -0.352 e. The molecule has 1 saturated carbocycles. The number of carbonyl (C=O) groups excluding carboxylic acids is 2. The van der Waals surface area contributed by atoms with Gasteiger partial charge in [-0.1, -0.05) is 73.0 Å². The summed E-state index contributed by atoms with van der Waals surface area (Å²) in [6.45, 7) is 1.31. The van der Waals surface area contributed by atoms with Crippen molar-refractivity contribution in [1.82, 2.24) is 10.2 Å². The third kappa shape index (κ3) is 6.74. The van der Waals surface area contributed by atoms with Gasteiger partial charge < -0.3 is 10.2 Å². The molecule has 7 nitrogen and oxygen atoms in total. The van der Waals surface area contributed by atoms with Crippen LogP contribution in [0.4, 0.5) is 5.69 Å². The third-order valence-electron chi connectivity index (χ3n) is 6.77. The van der Waals surface area contributed by atoms with E-state index in [1.165, 1.54) is 17.0 Å². The number of hydrogen-bond donors (Lipinski definition) is 1. The molecular weight excluding hydrogens is 522 g/mol. The maximum atomic E-state index is 13.9. The van der Waals surface area contributed by atoms with Crippen LogP contribution in [0.2, 0.25) is 5.02 Å². The molecule has 4 rings (SSSR count). The van der Waals surface area contributed by atoms with Gasteiger partial charge in [0.15, 0.2) is 0 Å². The molecule has 2 amide bonds. The molecule has 1 aliphatic rings. The molecule has 3 aromatic rings. The van der Waals surface area contributed by atoms with Crippen LogP contribution < -0.4 is 9.62 Å². The summed E-state index contributed by atoms with van der Waals surface area (Å²) in [6.07, 6.45) is 3.96. The van der Waals surface area contributed by atoms with Crippen molar-refractivity contribution in [3.8, 4) is 0 Å². The smallest absolute Gasteiger partial charge is 0.264 e. The number of nitrogens with zero attached hydrogens (tertiary/aromatic N) is 2. The summed E-state index contributed by atoms with van der Waals surface area (Å²) in [5.41, 5.74) is 1.10. The number of hydrogen-bond acceptors (Lipinski definition) is 4. The highest BCUT2D eigenvalue weighted by Gasteiger charge is 2.33. The molecule has 3 aromatic carbocycles. The Labute approximate surface area is 229 Å². The fourth-order valence-electron chi connectivity index (χ4n) is 4.65. The number of carbonyl (C=O) groups is 2. The zero-order valence-corrected chi connectivity index (χ0v) is 22.9. The number of anilines is 1. The third-order valence-corrected chi connectivity index (χ3v) is 8.79. The van der Waals surface area contributed by atoms with Crippen LogP contribution in [-0.4, -0.2) is 43.8 Å². The molecule has 0 aromatic heterocycles. The Morgan fingerprint density at radius 2 is 1.58 bits per heavy atom. The highest BCUT2D eigenvalue weighted by atomic mass is 35.5. The lowest BCUT2D eigenvalue weighted by atomic mass is 10.1. The van der Waals surface area contributed by atoms with Crippen molar-refractivity contribution >= 4 is 39.1 Å². The lowest BCUT2D eigenvalue weighted by Gasteiger charge is -2.32. The van der Waals surface area contributed by atoms with E-state index in [0.717, 1.165) is 35.6 Å². The Balaban J connectivity index is 1.66.